The molecule has 0 saturated heterocycles. The molecule has 1 amide bonds. The van der Waals surface area contributed by atoms with Gasteiger partial charge < -0.3 is 5.73 Å². The van der Waals surface area contributed by atoms with Crippen molar-refractivity contribution in [1.29, 1.82) is 0 Å². The molecule has 14 heavy (non-hydrogen) atoms. The lowest BCUT2D eigenvalue weighted by atomic mass is 10.0. The molecule has 5 heteroatoms. The van der Waals surface area contributed by atoms with E-state index in [9.17, 15) is 4.79 Å². The molecule has 1 aromatic heterocycles. The van der Waals surface area contributed by atoms with E-state index in [1.165, 1.54) is 17.8 Å². The lowest BCUT2D eigenvalue weighted by Gasteiger charge is -2.04. The fourth-order valence-corrected chi connectivity index (χ4v) is 1.74. The molecule has 1 heterocycles. The Balaban J connectivity index is 2.48. The van der Waals surface area contributed by atoms with Crippen LogP contribution in [0.1, 0.15) is 41.5 Å². The maximum absolute atomic E-state index is 10.7. The first kappa shape index (κ1) is 11.1. The minimum Gasteiger partial charge on any atom is -0.363 e. The van der Waals surface area contributed by atoms with Crippen LogP contribution in [0.15, 0.2) is 0 Å². The molecule has 0 saturated carbocycles. The largest absolute Gasteiger partial charge is 0.363 e. The van der Waals surface area contributed by atoms with Crippen molar-refractivity contribution in [2.45, 2.75) is 33.1 Å². The molecule has 2 N–H and O–H groups in total. The van der Waals surface area contributed by atoms with Gasteiger partial charge in [0.2, 0.25) is 5.01 Å². The first-order valence-corrected chi connectivity index (χ1v) is 5.57. The van der Waals surface area contributed by atoms with Gasteiger partial charge >= 0.3 is 0 Å². The summed E-state index contributed by atoms with van der Waals surface area (Å²) in [6.45, 7) is 4.37. The van der Waals surface area contributed by atoms with Crippen LogP contribution in [0.4, 0.5) is 0 Å². The molecule has 0 aliphatic carbocycles. The van der Waals surface area contributed by atoms with E-state index in [-0.39, 0.29) is 0 Å². The molecule has 78 valence electrons. The Morgan fingerprint density at radius 1 is 1.57 bits per heavy atom. The molecule has 1 aromatic rings. The van der Waals surface area contributed by atoms with Gasteiger partial charge in [-0.25, -0.2) is 0 Å². The SMILES string of the molecule is CCC(C)CCc1nnc(C(N)=O)s1. The van der Waals surface area contributed by atoms with Gasteiger partial charge in [-0.2, -0.15) is 0 Å². The molecule has 0 bridgehead atoms. The minimum absolute atomic E-state index is 0.309. The van der Waals surface area contributed by atoms with Crippen LogP contribution in [0, 0.1) is 5.92 Å². The number of hydrogen-bond donors (Lipinski definition) is 1. The standard InChI is InChI=1S/C9H15N3OS/c1-3-6(2)4-5-7-11-12-9(14-7)8(10)13/h6H,3-5H2,1-2H3,(H2,10,13). The summed E-state index contributed by atoms with van der Waals surface area (Å²) in [6.07, 6.45) is 3.14. The zero-order chi connectivity index (χ0) is 10.6. The summed E-state index contributed by atoms with van der Waals surface area (Å²) in [5, 5.41) is 8.84. The smallest absolute Gasteiger partial charge is 0.279 e. The van der Waals surface area contributed by atoms with E-state index in [0.717, 1.165) is 17.8 Å². The third-order valence-corrected chi connectivity index (χ3v) is 3.22. The van der Waals surface area contributed by atoms with Gasteiger partial charge in [0, 0.05) is 6.42 Å². The van der Waals surface area contributed by atoms with E-state index in [1.54, 1.807) is 0 Å². The Kier molecular flexibility index (Phi) is 4.00. The first-order valence-electron chi connectivity index (χ1n) is 4.75. The predicted octanol–water partition coefficient (Wildman–Crippen LogP) is 1.62. The summed E-state index contributed by atoms with van der Waals surface area (Å²) in [7, 11) is 0. The van der Waals surface area contributed by atoms with Crippen molar-refractivity contribution >= 4 is 17.2 Å². The third-order valence-electron chi connectivity index (χ3n) is 2.23. The van der Waals surface area contributed by atoms with Gasteiger partial charge in [-0.1, -0.05) is 31.6 Å². The average Bonchev–Trinajstić information content (AvgIpc) is 2.62. The Bertz CT molecular complexity index is 311. The van der Waals surface area contributed by atoms with Crippen molar-refractivity contribution in [3.05, 3.63) is 10.0 Å². The molecule has 1 atom stereocenters. The number of nitrogens with two attached hydrogens (primary N) is 1. The van der Waals surface area contributed by atoms with E-state index in [1.807, 2.05) is 0 Å². The number of nitrogens with zero attached hydrogens (tertiary/aromatic N) is 2. The van der Waals surface area contributed by atoms with Crippen molar-refractivity contribution in [1.82, 2.24) is 10.2 Å². The van der Waals surface area contributed by atoms with Crippen LogP contribution in [0.5, 0.6) is 0 Å². The topological polar surface area (TPSA) is 68.9 Å². The summed E-state index contributed by atoms with van der Waals surface area (Å²) < 4.78 is 0. The summed E-state index contributed by atoms with van der Waals surface area (Å²) in [4.78, 5) is 10.7. The van der Waals surface area contributed by atoms with E-state index < -0.39 is 5.91 Å². The van der Waals surface area contributed by atoms with Crippen molar-refractivity contribution in [2.24, 2.45) is 11.7 Å². The maximum atomic E-state index is 10.7. The van der Waals surface area contributed by atoms with E-state index >= 15 is 0 Å². The number of primary amides is 1. The number of aryl methyl sites for hydroxylation is 1. The van der Waals surface area contributed by atoms with Crippen LogP contribution in [0.3, 0.4) is 0 Å². The predicted molar refractivity (Wildman–Crippen MR) is 56.2 cm³/mol. The molecule has 0 radical (unpaired) electrons. The molecule has 0 aromatic carbocycles. The minimum atomic E-state index is -0.489. The number of rotatable bonds is 5. The first-order chi connectivity index (χ1) is 6.63. The molecule has 4 nitrogen and oxygen atoms in total. The van der Waals surface area contributed by atoms with Crippen LogP contribution >= 0.6 is 11.3 Å². The van der Waals surface area contributed by atoms with Crippen molar-refractivity contribution in [3.8, 4) is 0 Å². The van der Waals surface area contributed by atoms with Crippen LogP contribution < -0.4 is 5.73 Å². The quantitative estimate of drug-likeness (QED) is 0.808. The highest BCUT2D eigenvalue weighted by Gasteiger charge is 2.09. The summed E-state index contributed by atoms with van der Waals surface area (Å²) in [5.74, 6) is 0.202. The normalized spacial score (nSPS) is 12.7. The highest BCUT2D eigenvalue weighted by molar-refractivity contribution is 7.13. The molecule has 0 aliphatic heterocycles. The monoisotopic (exact) mass is 213 g/mol. The van der Waals surface area contributed by atoms with Crippen molar-refractivity contribution in [3.63, 3.8) is 0 Å². The number of amides is 1. The molecule has 1 rings (SSSR count). The second-order valence-electron chi connectivity index (χ2n) is 3.42. The van der Waals surface area contributed by atoms with E-state index in [4.69, 9.17) is 5.73 Å². The van der Waals surface area contributed by atoms with Crippen LogP contribution in [0.2, 0.25) is 0 Å². The second-order valence-corrected chi connectivity index (χ2v) is 4.48. The van der Waals surface area contributed by atoms with Gasteiger partial charge in [0.05, 0.1) is 0 Å². The van der Waals surface area contributed by atoms with Gasteiger partial charge in [0.25, 0.3) is 5.91 Å². The second kappa shape index (κ2) is 5.05. The van der Waals surface area contributed by atoms with Gasteiger partial charge in [-0.3, -0.25) is 4.79 Å². The van der Waals surface area contributed by atoms with Crippen LogP contribution in [-0.2, 0) is 6.42 Å². The zero-order valence-electron chi connectivity index (χ0n) is 8.49. The molecule has 0 spiro atoms. The lowest BCUT2D eigenvalue weighted by Crippen LogP contribution is -2.10. The van der Waals surface area contributed by atoms with Crippen molar-refractivity contribution < 1.29 is 4.79 Å². The number of aromatic nitrogens is 2. The lowest BCUT2D eigenvalue weighted by molar-refractivity contribution is 0.0999. The molecular weight excluding hydrogens is 198 g/mol. The fourth-order valence-electron chi connectivity index (χ4n) is 1.03. The fraction of sp³-hybridized carbons (Fsp3) is 0.667. The highest BCUT2D eigenvalue weighted by atomic mass is 32.1. The Morgan fingerprint density at radius 3 is 2.79 bits per heavy atom. The van der Waals surface area contributed by atoms with E-state index in [0.29, 0.717) is 10.9 Å². The van der Waals surface area contributed by atoms with E-state index in [2.05, 4.69) is 24.0 Å². The number of carbonyl (C=O) groups is 1. The zero-order valence-corrected chi connectivity index (χ0v) is 9.30. The summed E-state index contributed by atoms with van der Waals surface area (Å²) in [5.41, 5.74) is 5.08. The highest BCUT2D eigenvalue weighted by Crippen LogP contribution is 2.15. The number of carbonyl (C=O) groups excluding carboxylic acids is 1. The number of hydrogen-bond acceptors (Lipinski definition) is 4. The Labute approximate surface area is 87.5 Å². The van der Waals surface area contributed by atoms with Crippen LogP contribution in [0.25, 0.3) is 0 Å². The molecular formula is C9H15N3OS. The third kappa shape index (κ3) is 3.06. The van der Waals surface area contributed by atoms with Crippen LogP contribution in [-0.4, -0.2) is 16.1 Å². The average molecular weight is 213 g/mol. The summed E-state index contributed by atoms with van der Waals surface area (Å²) >= 11 is 1.30. The van der Waals surface area contributed by atoms with Crippen molar-refractivity contribution in [2.75, 3.05) is 0 Å². The van der Waals surface area contributed by atoms with Gasteiger partial charge in [-0.15, -0.1) is 10.2 Å². The molecule has 0 fully saturated rings. The Hall–Kier alpha value is -0.970. The van der Waals surface area contributed by atoms with Gasteiger partial charge in [-0.05, 0) is 12.3 Å². The maximum Gasteiger partial charge on any atom is 0.279 e. The van der Waals surface area contributed by atoms with Gasteiger partial charge in [0.1, 0.15) is 5.01 Å². The molecule has 0 aliphatic rings. The summed E-state index contributed by atoms with van der Waals surface area (Å²) in [6, 6.07) is 0. The van der Waals surface area contributed by atoms with Gasteiger partial charge in [0.15, 0.2) is 0 Å². The Morgan fingerprint density at radius 2 is 2.29 bits per heavy atom. The molecule has 1 unspecified atom stereocenters.